The lowest BCUT2D eigenvalue weighted by Gasteiger charge is -2.19. The molecule has 0 aliphatic heterocycles. The molecule has 2 rings (SSSR count). The van der Waals surface area contributed by atoms with Crippen LogP contribution in [0.4, 0.5) is 5.69 Å². The first-order chi connectivity index (χ1) is 20.4. The van der Waals surface area contributed by atoms with Gasteiger partial charge in [0, 0.05) is 57.2 Å². The summed E-state index contributed by atoms with van der Waals surface area (Å²) in [6.07, 6.45) is 14.2. The highest BCUT2D eigenvalue weighted by atomic mass is 16.5. The molecule has 0 aromatic heterocycles. The first kappa shape index (κ1) is 33.9. The second kappa shape index (κ2) is 19.0. The van der Waals surface area contributed by atoms with E-state index in [0.29, 0.717) is 19.8 Å². The zero-order valence-electron chi connectivity index (χ0n) is 25.5. The van der Waals surface area contributed by atoms with Crippen molar-refractivity contribution in [1.82, 2.24) is 5.32 Å². The van der Waals surface area contributed by atoms with Gasteiger partial charge in [0.1, 0.15) is 0 Å². The molecule has 2 aromatic rings. The number of benzene rings is 2. The van der Waals surface area contributed by atoms with Crippen LogP contribution in [0.2, 0.25) is 0 Å². The number of aliphatic imine (C=N–C) groups is 1. The molecule has 42 heavy (non-hydrogen) atoms. The molecule has 0 heterocycles. The molecule has 0 saturated carbocycles. The first-order valence-corrected chi connectivity index (χ1v) is 14.2. The van der Waals surface area contributed by atoms with E-state index in [9.17, 15) is 0 Å². The standard InChI is InChI=1S/C36H46N4O2/c1-7-30(24-33(25-38)31(19-22-41-5)20-23-42-6)28(3)40-35-18-13-17-34(32-15-9-8-10-16-32)36(35)29(4)39-26-27(2)14-11-12-21-37/h7-18,21,24-25,31,38-39H,2,4,19-20,22-23,26,37H2,1,3,5-6H3/b14-11-,21-12-,30-7+,33-24+,38-25?,40-28+. The molecule has 0 fully saturated rings. The summed E-state index contributed by atoms with van der Waals surface area (Å²) in [5, 5.41) is 11.6. The molecule has 0 amide bonds. The first-order valence-electron chi connectivity index (χ1n) is 14.2. The average molecular weight is 567 g/mol. The van der Waals surface area contributed by atoms with E-state index in [2.05, 4.69) is 42.7 Å². The zero-order valence-corrected chi connectivity index (χ0v) is 25.5. The van der Waals surface area contributed by atoms with E-state index in [1.54, 1.807) is 20.3 Å². The number of ether oxygens (including phenoxy) is 2. The Balaban J connectivity index is 2.53. The lowest BCUT2D eigenvalue weighted by atomic mass is 9.91. The predicted octanol–water partition coefficient (Wildman–Crippen LogP) is 7.80. The van der Waals surface area contributed by atoms with Gasteiger partial charge in [0.2, 0.25) is 0 Å². The van der Waals surface area contributed by atoms with Crippen molar-refractivity contribution in [3.63, 3.8) is 0 Å². The minimum atomic E-state index is 0.147. The van der Waals surface area contributed by atoms with Gasteiger partial charge in [0.05, 0.1) is 5.69 Å². The summed E-state index contributed by atoms with van der Waals surface area (Å²) in [6, 6.07) is 16.4. The Morgan fingerprint density at radius 3 is 2.31 bits per heavy atom. The summed E-state index contributed by atoms with van der Waals surface area (Å²) >= 11 is 0. The maximum absolute atomic E-state index is 8.16. The lowest BCUT2D eigenvalue weighted by molar-refractivity contribution is 0.157. The van der Waals surface area contributed by atoms with Crippen LogP contribution in [0.1, 0.15) is 32.3 Å². The van der Waals surface area contributed by atoms with Gasteiger partial charge >= 0.3 is 0 Å². The molecular weight excluding hydrogens is 520 g/mol. The SMILES string of the molecule is C=C(/C=C\C=C/N)CNC(=C)c1c(/N=C(C)/C(/C=C(\C=N)C(CCOC)CCOC)=C/C)cccc1-c1ccccc1. The van der Waals surface area contributed by atoms with Gasteiger partial charge in [-0.15, -0.1) is 0 Å². The van der Waals surface area contributed by atoms with E-state index >= 15 is 0 Å². The molecule has 222 valence electrons. The van der Waals surface area contributed by atoms with E-state index in [1.165, 1.54) is 12.4 Å². The van der Waals surface area contributed by atoms with Gasteiger partial charge in [-0.3, -0.25) is 4.99 Å². The maximum atomic E-state index is 8.16. The molecule has 6 nitrogen and oxygen atoms in total. The van der Waals surface area contributed by atoms with Gasteiger partial charge in [-0.25, -0.2) is 0 Å². The van der Waals surface area contributed by atoms with Crippen molar-refractivity contribution in [3.05, 3.63) is 121 Å². The van der Waals surface area contributed by atoms with E-state index in [-0.39, 0.29) is 5.92 Å². The molecular formula is C36H46N4O2. The predicted molar refractivity (Wildman–Crippen MR) is 180 cm³/mol. The zero-order chi connectivity index (χ0) is 30.7. The van der Waals surface area contributed by atoms with E-state index in [4.69, 9.17) is 25.6 Å². The molecule has 0 radical (unpaired) electrons. The van der Waals surface area contributed by atoms with Crippen molar-refractivity contribution in [1.29, 1.82) is 5.41 Å². The number of rotatable bonds is 18. The fourth-order valence-corrected chi connectivity index (χ4v) is 4.53. The fourth-order valence-electron chi connectivity index (χ4n) is 4.53. The number of allylic oxidation sites excluding steroid dienone is 6. The van der Waals surface area contributed by atoms with Gasteiger partial charge in [-0.2, -0.15) is 0 Å². The van der Waals surface area contributed by atoms with Gasteiger partial charge in [-0.05, 0) is 84.9 Å². The average Bonchev–Trinajstić information content (AvgIpc) is 3.01. The summed E-state index contributed by atoms with van der Waals surface area (Å²) < 4.78 is 10.7. The highest BCUT2D eigenvalue weighted by Crippen LogP contribution is 2.35. The third-order valence-corrected chi connectivity index (χ3v) is 6.83. The molecule has 0 atom stereocenters. The normalized spacial score (nSPS) is 12.8. The van der Waals surface area contributed by atoms with Gasteiger partial charge in [0.15, 0.2) is 0 Å². The van der Waals surface area contributed by atoms with Crippen molar-refractivity contribution < 1.29 is 9.47 Å². The van der Waals surface area contributed by atoms with E-state index in [1.807, 2.05) is 62.4 Å². The van der Waals surface area contributed by atoms with Crippen LogP contribution in [0.3, 0.4) is 0 Å². The van der Waals surface area contributed by atoms with Crippen molar-refractivity contribution >= 4 is 23.3 Å². The summed E-state index contributed by atoms with van der Waals surface area (Å²) in [5.41, 5.74) is 13.6. The monoisotopic (exact) mass is 566 g/mol. The Labute approximate surface area is 252 Å². The Bertz CT molecular complexity index is 1330. The number of hydrogen-bond donors (Lipinski definition) is 3. The Hall–Kier alpha value is -4.26. The van der Waals surface area contributed by atoms with E-state index < -0.39 is 0 Å². The molecule has 0 spiro atoms. The van der Waals surface area contributed by atoms with Crippen LogP contribution >= 0.6 is 0 Å². The number of nitrogens with zero attached hydrogens (tertiary/aromatic N) is 1. The lowest BCUT2D eigenvalue weighted by Crippen LogP contribution is -2.15. The minimum absolute atomic E-state index is 0.147. The molecule has 2 aromatic carbocycles. The highest BCUT2D eigenvalue weighted by molar-refractivity contribution is 6.04. The second-order valence-corrected chi connectivity index (χ2v) is 9.79. The quantitative estimate of drug-likeness (QED) is 0.127. The van der Waals surface area contributed by atoms with Crippen LogP contribution in [-0.2, 0) is 9.47 Å². The summed E-state index contributed by atoms with van der Waals surface area (Å²) in [6.45, 7) is 14.3. The third kappa shape index (κ3) is 10.6. The smallest absolute Gasteiger partial charge is 0.0732 e. The maximum Gasteiger partial charge on any atom is 0.0732 e. The van der Waals surface area contributed by atoms with Crippen molar-refractivity contribution in [2.24, 2.45) is 16.6 Å². The topological polar surface area (TPSA) is 92.7 Å². The van der Waals surface area contributed by atoms with Crippen LogP contribution < -0.4 is 11.1 Å². The van der Waals surface area contributed by atoms with Crippen molar-refractivity contribution in [2.75, 3.05) is 34.0 Å². The Kier molecular flexibility index (Phi) is 15.3. The van der Waals surface area contributed by atoms with Gasteiger partial charge in [-0.1, -0.05) is 73.9 Å². The number of methoxy groups -OCH3 is 2. The molecule has 0 unspecified atom stereocenters. The number of nitrogens with one attached hydrogen (secondary N) is 2. The molecule has 0 aliphatic rings. The number of nitrogens with two attached hydrogens (primary N) is 1. The Morgan fingerprint density at radius 1 is 1.02 bits per heavy atom. The largest absolute Gasteiger partial charge is 0.405 e. The highest BCUT2D eigenvalue weighted by Gasteiger charge is 2.16. The summed E-state index contributed by atoms with van der Waals surface area (Å²) in [7, 11) is 3.40. The minimum Gasteiger partial charge on any atom is -0.405 e. The van der Waals surface area contributed by atoms with Crippen LogP contribution in [0, 0.1) is 11.3 Å². The van der Waals surface area contributed by atoms with Crippen molar-refractivity contribution in [2.45, 2.75) is 26.7 Å². The second-order valence-electron chi connectivity index (χ2n) is 9.79. The van der Waals surface area contributed by atoms with Gasteiger partial charge in [0.25, 0.3) is 0 Å². The molecule has 6 heteroatoms. The van der Waals surface area contributed by atoms with E-state index in [0.717, 1.165) is 63.3 Å². The van der Waals surface area contributed by atoms with Gasteiger partial charge < -0.3 is 25.9 Å². The Morgan fingerprint density at radius 2 is 1.71 bits per heavy atom. The number of hydrogen-bond acceptors (Lipinski definition) is 6. The van der Waals surface area contributed by atoms with Crippen LogP contribution in [-0.4, -0.2) is 45.9 Å². The van der Waals surface area contributed by atoms with Crippen LogP contribution in [0.25, 0.3) is 16.8 Å². The molecule has 4 N–H and O–H groups in total. The summed E-state index contributed by atoms with van der Waals surface area (Å²) in [4.78, 5) is 5.12. The third-order valence-electron chi connectivity index (χ3n) is 6.83. The molecule has 0 saturated heterocycles. The van der Waals surface area contributed by atoms with Crippen LogP contribution in [0.15, 0.2) is 120 Å². The fraction of sp³-hybridized carbons (Fsp3) is 0.278. The molecule has 0 bridgehead atoms. The molecule has 0 aliphatic carbocycles. The summed E-state index contributed by atoms with van der Waals surface area (Å²) in [5.74, 6) is 0.147. The van der Waals surface area contributed by atoms with Crippen LogP contribution in [0.5, 0.6) is 0 Å². The van der Waals surface area contributed by atoms with Crippen molar-refractivity contribution in [3.8, 4) is 11.1 Å².